The molecule has 1 fully saturated rings. The minimum atomic E-state index is -0.380. The third kappa shape index (κ3) is 3.35. The molecule has 1 aliphatic heterocycles. The van der Waals surface area contributed by atoms with Crippen molar-refractivity contribution in [1.29, 1.82) is 0 Å². The fourth-order valence-corrected chi connectivity index (χ4v) is 2.12. The van der Waals surface area contributed by atoms with Gasteiger partial charge in [-0.25, -0.2) is 0 Å². The van der Waals surface area contributed by atoms with Crippen LogP contribution in [-0.4, -0.2) is 43.4 Å². The monoisotopic (exact) mass is 274 g/mol. The van der Waals surface area contributed by atoms with Gasteiger partial charge in [0.15, 0.2) is 0 Å². The van der Waals surface area contributed by atoms with Crippen molar-refractivity contribution in [2.45, 2.75) is 0 Å². The summed E-state index contributed by atoms with van der Waals surface area (Å²) < 4.78 is 0. The summed E-state index contributed by atoms with van der Waals surface area (Å²) in [5.74, 6) is 0. The summed E-state index contributed by atoms with van der Waals surface area (Å²) in [5, 5.41) is -0.380. The molecule has 0 bridgehead atoms. The largest absolute Gasteiger partial charge is 0.368 e. The standard InChI is InChI=1S/C12H15ClN2O.ClH/c1-14-6-8-15(9-7-14)11-5-3-2-4-10(11)12(13)16;/h2-5H,6-9H2,1H3;1H. The van der Waals surface area contributed by atoms with Gasteiger partial charge in [-0.15, -0.1) is 12.4 Å². The highest BCUT2D eigenvalue weighted by molar-refractivity contribution is 6.68. The second-order valence-electron chi connectivity index (χ2n) is 4.08. The Kier molecular flexibility index (Phi) is 5.25. The Morgan fingerprint density at radius 1 is 1.18 bits per heavy atom. The van der Waals surface area contributed by atoms with Crippen LogP contribution in [0.25, 0.3) is 0 Å². The van der Waals surface area contributed by atoms with E-state index in [1.165, 1.54) is 0 Å². The molecule has 0 amide bonds. The van der Waals surface area contributed by atoms with Crippen molar-refractivity contribution in [3.63, 3.8) is 0 Å². The molecule has 0 aliphatic carbocycles. The van der Waals surface area contributed by atoms with E-state index >= 15 is 0 Å². The smallest absolute Gasteiger partial charge is 0.254 e. The number of likely N-dealkylation sites (N-methyl/N-ethyl adjacent to an activating group) is 1. The first kappa shape index (κ1) is 14.3. The maximum absolute atomic E-state index is 11.3. The van der Waals surface area contributed by atoms with Crippen molar-refractivity contribution in [2.24, 2.45) is 0 Å². The molecule has 1 aromatic carbocycles. The molecule has 17 heavy (non-hydrogen) atoms. The molecule has 1 saturated heterocycles. The quantitative estimate of drug-likeness (QED) is 0.773. The molecule has 94 valence electrons. The fourth-order valence-electron chi connectivity index (χ4n) is 1.96. The van der Waals surface area contributed by atoms with Gasteiger partial charge in [-0.1, -0.05) is 12.1 Å². The molecular weight excluding hydrogens is 259 g/mol. The van der Waals surface area contributed by atoms with Crippen molar-refractivity contribution < 1.29 is 4.79 Å². The van der Waals surface area contributed by atoms with Crippen LogP contribution in [0.3, 0.4) is 0 Å². The molecule has 0 N–H and O–H groups in total. The van der Waals surface area contributed by atoms with E-state index in [0.717, 1.165) is 31.9 Å². The summed E-state index contributed by atoms with van der Waals surface area (Å²) in [7, 11) is 2.11. The maximum Gasteiger partial charge on any atom is 0.254 e. The highest BCUT2D eigenvalue weighted by atomic mass is 35.5. The van der Waals surface area contributed by atoms with Crippen LogP contribution in [0, 0.1) is 0 Å². The first-order chi connectivity index (χ1) is 7.68. The number of benzene rings is 1. The van der Waals surface area contributed by atoms with Crippen LogP contribution in [0.15, 0.2) is 24.3 Å². The summed E-state index contributed by atoms with van der Waals surface area (Å²) in [5.41, 5.74) is 1.56. The Morgan fingerprint density at radius 3 is 2.35 bits per heavy atom. The molecule has 0 spiro atoms. The van der Waals surface area contributed by atoms with Gasteiger partial charge >= 0.3 is 0 Å². The van der Waals surface area contributed by atoms with Gasteiger partial charge in [0.1, 0.15) is 0 Å². The Bertz CT molecular complexity index is 390. The Morgan fingerprint density at radius 2 is 1.76 bits per heavy atom. The highest BCUT2D eigenvalue weighted by Crippen LogP contribution is 2.22. The second-order valence-corrected chi connectivity index (χ2v) is 4.42. The summed E-state index contributed by atoms with van der Waals surface area (Å²) >= 11 is 5.58. The van der Waals surface area contributed by atoms with Crippen LogP contribution in [0.1, 0.15) is 10.4 Å². The fraction of sp³-hybridized carbons (Fsp3) is 0.417. The van der Waals surface area contributed by atoms with E-state index in [-0.39, 0.29) is 17.6 Å². The number of rotatable bonds is 2. The van der Waals surface area contributed by atoms with Gasteiger partial charge in [-0.3, -0.25) is 4.79 Å². The number of carbonyl (C=O) groups excluding carboxylic acids is 1. The normalized spacial score (nSPS) is 16.5. The summed E-state index contributed by atoms with van der Waals surface area (Å²) in [4.78, 5) is 15.8. The lowest BCUT2D eigenvalue weighted by Gasteiger charge is -2.34. The number of halogens is 2. The number of nitrogens with zero attached hydrogens (tertiary/aromatic N) is 2. The molecule has 1 heterocycles. The van der Waals surface area contributed by atoms with Gasteiger partial charge in [0.2, 0.25) is 0 Å². The van der Waals surface area contributed by atoms with Gasteiger partial charge in [0.25, 0.3) is 5.24 Å². The lowest BCUT2D eigenvalue weighted by Crippen LogP contribution is -2.44. The molecule has 0 radical (unpaired) electrons. The second kappa shape index (κ2) is 6.24. The summed E-state index contributed by atoms with van der Waals surface area (Å²) in [6.07, 6.45) is 0. The molecule has 3 nitrogen and oxygen atoms in total. The van der Waals surface area contributed by atoms with E-state index in [2.05, 4.69) is 16.8 Å². The Balaban J connectivity index is 0.00000144. The zero-order chi connectivity index (χ0) is 11.5. The van der Waals surface area contributed by atoms with Gasteiger partial charge < -0.3 is 9.80 Å². The molecule has 1 aliphatic rings. The van der Waals surface area contributed by atoms with Crippen molar-refractivity contribution in [3.05, 3.63) is 29.8 Å². The average molecular weight is 275 g/mol. The van der Waals surface area contributed by atoms with Gasteiger partial charge in [0, 0.05) is 31.9 Å². The van der Waals surface area contributed by atoms with Crippen LogP contribution in [0.4, 0.5) is 5.69 Å². The maximum atomic E-state index is 11.3. The van der Waals surface area contributed by atoms with Crippen molar-refractivity contribution in [2.75, 3.05) is 38.1 Å². The molecule has 0 aromatic heterocycles. The number of para-hydroxylation sites is 1. The SMILES string of the molecule is CN1CCN(c2ccccc2C(=O)Cl)CC1.Cl. The predicted molar refractivity (Wildman–Crippen MR) is 73.6 cm³/mol. The van der Waals surface area contributed by atoms with E-state index in [4.69, 9.17) is 11.6 Å². The highest BCUT2D eigenvalue weighted by Gasteiger charge is 2.18. The molecule has 5 heteroatoms. The van der Waals surface area contributed by atoms with Gasteiger partial charge in [-0.2, -0.15) is 0 Å². The number of hydrogen-bond acceptors (Lipinski definition) is 3. The number of piperazine rings is 1. The topological polar surface area (TPSA) is 23.6 Å². The van der Waals surface area contributed by atoms with E-state index in [1.54, 1.807) is 6.07 Å². The molecular formula is C12H16Cl2N2O. The van der Waals surface area contributed by atoms with Crippen LogP contribution in [0.5, 0.6) is 0 Å². The lowest BCUT2D eigenvalue weighted by atomic mass is 10.1. The Hall–Kier alpha value is -0.770. The van der Waals surface area contributed by atoms with Crippen LogP contribution < -0.4 is 4.90 Å². The van der Waals surface area contributed by atoms with Gasteiger partial charge in [-0.05, 0) is 30.8 Å². The molecule has 2 rings (SSSR count). The number of hydrogen-bond donors (Lipinski definition) is 0. The zero-order valence-electron chi connectivity index (χ0n) is 9.73. The van der Waals surface area contributed by atoms with Crippen molar-refractivity contribution in [1.82, 2.24) is 4.90 Å². The first-order valence-electron chi connectivity index (χ1n) is 5.41. The van der Waals surface area contributed by atoms with Crippen LogP contribution in [-0.2, 0) is 0 Å². The molecule has 0 atom stereocenters. The predicted octanol–water partition coefficient (Wildman–Crippen LogP) is 2.24. The minimum Gasteiger partial charge on any atom is -0.368 e. The molecule has 1 aromatic rings. The van der Waals surface area contributed by atoms with E-state index in [0.29, 0.717) is 5.56 Å². The third-order valence-electron chi connectivity index (χ3n) is 2.96. The third-order valence-corrected chi connectivity index (χ3v) is 3.16. The number of anilines is 1. The van der Waals surface area contributed by atoms with E-state index < -0.39 is 0 Å². The van der Waals surface area contributed by atoms with Crippen LogP contribution in [0.2, 0.25) is 0 Å². The number of carbonyl (C=O) groups is 1. The minimum absolute atomic E-state index is 0. The van der Waals surface area contributed by atoms with E-state index in [9.17, 15) is 4.79 Å². The van der Waals surface area contributed by atoms with E-state index in [1.807, 2.05) is 18.2 Å². The lowest BCUT2D eigenvalue weighted by molar-refractivity contribution is 0.108. The van der Waals surface area contributed by atoms with Crippen molar-refractivity contribution >= 4 is 34.9 Å². The summed E-state index contributed by atoms with van der Waals surface area (Å²) in [6.45, 7) is 3.92. The van der Waals surface area contributed by atoms with Gasteiger partial charge in [0.05, 0.1) is 5.56 Å². The Labute approximate surface area is 113 Å². The average Bonchev–Trinajstić information content (AvgIpc) is 2.30. The van der Waals surface area contributed by atoms with Crippen LogP contribution >= 0.6 is 24.0 Å². The molecule has 0 unspecified atom stereocenters. The zero-order valence-corrected chi connectivity index (χ0v) is 11.3. The summed E-state index contributed by atoms with van der Waals surface area (Å²) in [6, 6.07) is 7.52. The molecule has 0 saturated carbocycles. The van der Waals surface area contributed by atoms with Crippen molar-refractivity contribution in [3.8, 4) is 0 Å². The first-order valence-corrected chi connectivity index (χ1v) is 5.78.